The van der Waals surface area contributed by atoms with Crippen molar-refractivity contribution in [3.63, 3.8) is 0 Å². The number of H-pyrrole nitrogens is 1. The van der Waals surface area contributed by atoms with Crippen LogP contribution in [0.4, 0.5) is 0 Å². The second kappa shape index (κ2) is 3.31. The average molecular weight is 202 g/mol. The van der Waals surface area contributed by atoms with Crippen LogP contribution in [0.1, 0.15) is 31.0 Å². The van der Waals surface area contributed by atoms with Crippen LogP contribution in [0, 0.1) is 0 Å². The van der Waals surface area contributed by atoms with Gasteiger partial charge in [-0.15, -0.1) is 0 Å². The fourth-order valence-electron chi connectivity index (χ4n) is 2.32. The highest BCUT2D eigenvalue weighted by Crippen LogP contribution is 2.32. The van der Waals surface area contributed by atoms with Gasteiger partial charge < -0.3 is 10.7 Å². The molecule has 3 rings (SSSR count). The second-order valence-corrected chi connectivity index (χ2v) is 4.27. The summed E-state index contributed by atoms with van der Waals surface area (Å²) in [7, 11) is 0. The van der Waals surface area contributed by atoms with Crippen molar-refractivity contribution in [1.82, 2.24) is 15.0 Å². The van der Waals surface area contributed by atoms with E-state index in [4.69, 9.17) is 5.73 Å². The lowest BCUT2D eigenvalue weighted by Gasteiger charge is -2.04. The molecule has 0 bridgehead atoms. The molecule has 15 heavy (non-hydrogen) atoms. The van der Waals surface area contributed by atoms with E-state index in [1.807, 2.05) is 12.1 Å². The minimum absolute atomic E-state index is 0.344. The van der Waals surface area contributed by atoms with E-state index in [-0.39, 0.29) is 0 Å². The average Bonchev–Trinajstić information content (AvgIpc) is 2.82. The number of nitrogens with two attached hydrogens (primary N) is 1. The first-order valence-corrected chi connectivity index (χ1v) is 5.39. The van der Waals surface area contributed by atoms with E-state index < -0.39 is 0 Å². The molecule has 3 N–H and O–H groups in total. The van der Waals surface area contributed by atoms with E-state index in [2.05, 4.69) is 15.0 Å². The Morgan fingerprint density at radius 1 is 1.40 bits per heavy atom. The fraction of sp³-hybridized carbons (Fsp3) is 0.455. The number of nitrogens with zero attached hydrogens (tertiary/aromatic N) is 2. The molecule has 4 heteroatoms. The van der Waals surface area contributed by atoms with E-state index in [9.17, 15) is 0 Å². The topological polar surface area (TPSA) is 67.6 Å². The quantitative estimate of drug-likeness (QED) is 0.737. The molecule has 2 atom stereocenters. The van der Waals surface area contributed by atoms with Gasteiger partial charge in [0, 0.05) is 18.2 Å². The van der Waals surface area contributed by atoms with Crippen molar-refractivity contribution in [3.8, 4) is 0 Å². The van der Waals surface area contributed by atoms with Crippen molar-refractivity contribution in [1.29, 1.82) is 0 Å². The smallest absolute Gasteiger partial charge is 0.177 e. The minimum atomic E-state index is 0.344. The first-order chi connectivity index (χ1) is 7.33. The van der Waals surface area contributed by atoms with Crippen LogP contribution in [0.15, 0.2) is 18.3 Å². The molecular formula is C11H14N4. The van der Waals surface area contributed by atoms with E-state index in [0.29, 0.717) is 12.0 Å². The van der Waals surface area contributed by atoms with Crippen LogP contribution >= 0.6 is 0 Å². The highest BCUT2D eigenvalue weighted by atomic mass is 15.0. The van der Waals surface area contributed by atoms with Gasteiger partial charge in [-0.2, -0.15) is 0 Å². The molecule has 2 aromatic rings. The molecule has 1 saturated carbocycles. The lowest BCUT2D eigenvalue weighted by atomic mass is 10.1. The van der Waals surface area contributed by atoms with E-state index in [0.717, 1.165) is 36.3 Å². The zero-order chi connectivity index (χ0) is 10.3. The zero-order valence-electron chi connectivity index (χ0n) is 8.48. The predicted octanol–water partition coefficient (Wildman–Crippen LogP) is 1.55. The number of fused-ring (bicyclic) bond motifs is 1. The van der Waals surface area contributed by atoms with Crippen LogP contribution in [0.5, 0.6) is 0 Å². The van der Waals surface area contributed by atoms with Gasteiger partial charge >= 0.3 is 0 Å². The Bertz CT molecular complexity index is 443. The van der Waals surface area contributed by atoms with Crippen LogP contribution < -0.4 is 5.73 Å². The number of aromatic amines is 1. The molecule has 0 aromatic carbocycles. The van der Waals surface area contributed by atoms with E-state index in [1.165, 1.54) is 0 Å². The summed E-state index contributed by atoms with van der Waals surface area (Å²) in [5, 5.41) is 0. The second-order valence-electron chi connectivity index (χ2n) is 4.27. The monoisotopic (exact) mass is 202 g/mol. The van der Waals surface area contributed by atoms with Gasteiger partial charge in [-0.1, -0.05) is 0 Å². The summed E-state index contributed by atoms with van der Waals surface area (Å²) in [6, 6.07) is 4.27. The standard InChI is InChI=1S/C11H14N4/c12-8-4-3-7(6-8)10-14-9-2-1-5-13-11(9)15-10/h1-2,5,7-8H,3-4,6,12H2,(H,13,14,15)/t7-,8+/m1/s1. The van der Waals surface area contributed by atoms with Crippen molar-refractivity contribution in [2.75, 3.05) is 0 Å². The first-order valence-electron chi connectivity index (χ1n) is 5.39. The molecule has 0 spiro atoms. The van der Waals surface area contributed by atoms with Gasteiger partial charge in [0.05, 0.1) is 5.52 Å². The molecule has 2 heterocycles. The Morgan fingerprint density at radius 2 is 2.33 bits per heavy atom. The summed E-state index contributed by atoms with van der Waals surface area (Å²) in [5.41, 5.74) is 7.73. The number of hydrogen-bond donors (Lipinski definition) is 2. The molecule has 0 saturated heterocycles. The lowest BCUT2D eigenvalue weighted by molar-refractivity contribution is 0.651. The Labute approximate surface area is 87.9 Å². The minimum Gasteiger partial charge on any atom is -0.340 e. The summed E-state index contributed by atoms with van der Waals surface area (Å²) in [6.07, 6.45) is 5.06. The van der Waals surface area contributed by atoms with Crippen molar-refractivity contribution in [2.45, 2.75) is 31.2 Å². The largest absolute Gasteiger partial charge is 0.340 e. The first kappa shape index (κ1) is 8.85. The maximum atomic E-state index is 5.90. The van der Waals surface area contributed by atoms with Gasteiger partial charge in [-0.05, 0) is 31.4 Å². The van der Waals surface area contributed by atoms with Crippen molar-refractivity contribution >= 4 is 11.2 Å². The van der Waals surface area contributed by atoms with Gasteiger partial charge in [0.1, 0.15) is 5.82 Å². The summed E-state index contributed by atoms with van der Waals surface area (Å²) < 4.78 is 0. The summed E-state index contributed by atoms with van der Waals surface area (Å²) >= 11 is 0. The van der Waals surface area contributed by atoms with Crippen LogP contribution in [-0.2, 0) is 0 Å². The van der Waals surface area contributed by atoms with Crippen LogP contribution in [0.2, 0.25) is 0 Å². The number of imidazole rings is 1. The lowest BCUT2D eigenvalue weighted by Crippen LogP contribution is -2.14. The third-order valence-electron chi connectivity index (χ3n) is 3.14. The maximum Gasteiger partial charge on any atom is 0.177 e. The van der Waals surface area contributed by atoms with Gasteiger partial charge in [-0.3, -0.25) is 0 Å². The van der Waals surface area contributed by atoms with Gasteiger partial charge in [0.15, 0.2) is 5.65 Å². The maximum absolute atomic E-state index is 5.90. The van der Waals surface area contributed by atoms with E-state index in [1.54, 1.807) is 6.20 Å². The SMILES string of the molecule is N[C@H]1CC[C@@H](c2nc3ncccc3[nH]2)C1. The fourth-order valence-corrected chi connectivity index (χ4v) is 2.32. The van der Waals surface area contributed by atoms with Crippen LogP contribution in [0.25, 0.3) is 11.2 Å². The third-order valence-corrected chi connectivity index (χ3v) is 3.14. The Kier molecular flexibility index (Phi) is 1.95. The molecular weight excluding hydrogens is 188 g/mol. The molecule has 1 fully saturated rings. The number of rotatable bonds is 1. The molecule has 1 aliphatic rings. The van der Waals surface area contributed by atoms with Crippen molar-refractivity contribution < 1.29 is 0 Å². The number of aromatic nitrogens is 3. The van der Waals surface area contributed by atoms with Crippen LogP contribution in [0.3, 0.4) is 0 Å². The predicted molar refractivity (Wildman–Crippen MR) is 58.5 cm³/mol. The highest BCUT2D eigenvalue weighted by Gasteiger charge is 2.25. The van der Waals surface area contributed by atoms with Crippen LogP contribution in [-0.4, -0.2) is 21.0 Å². The Hall–Kier alpha value is -1.42. The number of nitrogens with one attached hydrogen (secondary N) is 1. The molecule has 1 aliphatic carbocycles. The molecule has 0 radical (unpaired) electrons. The molecule has 4 nitrogen and oxygen atoms in total. The number of hydrogen-bond acceptors (Lipinski definition) is 3. The summed E-state index contributed by atoms with van der Waals surface area (Å²) in [6.45, 7) is 0. The van der Waals surface area contributed by atoms with Crippen molar-refractivity contribution in [2.24, 2.45) is 5.73 Å². The highest BCUT2D eigenvalue weighted by molar-refractivity contribution is 5.70. The molecule has 0 unspecified atom stereocenters. The Morgan fingerprint density at radius 3 is 3.07 bits per heavy atom. The Balaban J connectivity index is 1.98. The zero-order valence-corrected chi connectivity index (χ0v) is 8.48. The third kappa shape index (κ3) is 1.51. The summed E-state index contributed by atoms with van der Waals surface area (Å²) in [5.74, 6) is 1.55. The van der Waals surface area contributed by atoms with Gasteiger partial charge in [0.2, 0.25) is 0 Å². The van der Waals surface area contributed by atoms with Gasteiger partial charge in [0.25, 0.3) is 0 Å². The molecule has 0 aliphatic heterocycles. The molecule has 2 aromatic heterocycles. The number of pyridine rings is 1. The van der Waals surface area contributed by atoms with Crippen molar-refractivity contribution in [3.05, 3.63) is 24.2 Å². The van der Waals surface area contributed by atoms with Gasteiger partial charge in [-0.25, -0.2) is 9.97 Å². The molecule has 78 valence electrons. The normalized spacial score (nSPS) is 26.2. The van der Waals surface area contributed by atoms with E-state index >= 15 is 0 Å². The molecule has 0 amide bonds. The summed E-state index contributed by atoms with van der Waals surface area (Å²) in [4.78, 5) is 12.1.